The molecule has 0 amide bonds. The van der Waals surface area contributed by atoms with Crippen molar-refractivity contribution in [2.75, 3.05) is 5.32 Å². The predicted molar refractivity (Wildman–Crippen MR) is 88.2 cm³/mol. The van der Waals surface area contributed by atoms with E-state index in [1.165, 1.54) is 12.1 Å². The maximum Gasteiger partial charge on any atom is 0.124 e. The van der Waals surface area contributed by atoms with Crippen LogP contribution in [-0.2, 0) is 6.54 Å². The molecule has 5 heteroatoms. The average Bonchev–Trinajstić information content (AvgIpc) is 2.48. The smallest absolute Gasteiger partial charge is 0.124 e. The van der Waals surface area contributed by atoms with Crippen LogP contribution >= 0.6 is 27.5 Å². The van der Waals surface area contributed by atoms with E-state index in [1.807, 2.05) is 24.3 Å². The van der Waals surface area contributed by atoms with Gasteiger partial charge in [0.25, 0.3) is 0 Å². The number of rotatable bonds is 3. The van der Waals surface area contributed by atoms with Crippen molar-refractivity contribution in [3.05, 3.63) is 69.5 Å². The molecule has 0 saturated carbocycles. The Morgan fingerprint density at radius 3 is 2.86 bits per heavy atom. The summed E-state index contributed by atoms with van der Waals surface area (Å²) in [7, 11) is 0. The van der Waals surface area contributed by atoms with Gasteiger partial charge in [-0.15, -0.1) is 0 Å². The summed E-state index contributed by atoms with van der Waals surface area (Å²) in [6.07, 6.45) is 1.77. The van der Waals surface area contributed by atoms with E-state index in [0.717, 1.165) is 20.9 Å². The monoisotopic (exact) mass is 364 g/mol. The van der Waals surface area contributed by atoms with Gasteiger partial charge in [0.15, 0.2) is 0 Å². The van der Waals surface area contributed by atoms with Crippen LogP contribution in [0.4, 0.5) is 10.1 Å². The second-order valence-electron chi connectivity index (χ2n) is 4.58. The molecule has 0 fully saturated rings. The average molecular weight is 366 g/mol. The number of anilines is 1. The number of halogens is 3. The fourth-order valence-corrected chi connectivity index (χ4v) is 2.85. The molecular weight excluding hydrogens is 355 g/mol. The quantitative estimate of drug-likeness (QED) is 0.672. The first-order chi connectivity index (χ1) is 10.1. The largest absolute Gasteiger partial charge is 0.380 e. The van der Waals surface area contributed by atoms with Gasteiger partial charge in [-0.1, -0.05) is 39.7 Å². The number of hydrogen-bond donors (Lipinski definition) is 1. The normalized spacial score (nSPS) is 10.8. The second-order valence-corrected chi connectivity index (χ2v) is 5.85. The maximum absolute atomic E-state index is 13.0. The Morgan fingerprint density at radius 1 is 1.19 bits per heavy atom. The van der Waals surface area contributed by atoms with Gasteiger partial charge in [0.1, 0.15) is 5.82 Å². The van der Waals surface area contributed by atoms with Crippen LogP contribution in [-0.4, -0.2) is 4.98 Å². The van der Waals surface area contributed by atoms with Crippen LogP contribution in [0.5, 0.6) is 0 Å². The molecule has 0 aliphatic rings. The van der Waals surface area contributed by atoms with Gasteiger partial charge in [0, 0.05) is 22.6 Å². The minimum Gasteiger partial charge on any atom is -0.380 e. The van der Waals surface area contributed by atoms with Crippen LogP contribution in [0.1, 0.15) is 5.56 Å². The van der Waals surface area contributed by atoms with Crippen LogP contribution in [0.2, 0.25) is 5.02 Å². The van der Waals surface area contributed by atoms with Crippen molar-refractivity contribution >= 4 is 44.1 Å². The van der Waals surface area contributed by atoms with Crippen LogP contribution in [0, 0.1) is 5.82 Å². The zero-order valence-corrected chi connectivity index (χ0v) is 13.2. The van der Waals surface area contributed by atoms with Crippen molar-refractivity contribution in [2.24, 2.45) is 0 Å². The Hall–Kier alpha value is -1.65. The van der Waals surface area contributed by atoms with Crippen LogP contribution in [0.15, 0.2) is 53.1 Å². The highest BCUT2D eigenvalue weighted by molar-refractivity contribution is 9.10. The number of pyridine rings is 1. The maximum atomic E-state index is 13.0. The van der Waals surface area contributed by atoms with E-state index in [9.17, 15) is 4.39 Å². The SMILES string of the molecule is Fc1ccc(NCc2ccc(Br)c3cccnc23)c(Cl)c1. The van der Waals surface area contributed by atoms with E-state index in [-0.39, 0.29) is 5.82 Å². The molecule has 1 N–H and O–H groups in total. The van der Waals surface area contributed by atoms with Crippen molar-refractivity contribution in [1.82, 2.24) is 4.98 Å². The molecule has 0 spiro atoms. The molecular formula is C16H11BrClFN2. The highest BCUT2D eigenvalue weighted by atomic mass is 79.9. The van der Waals surface area contributed by atoms with Gasteiger partial charge >= 0.3 is 0 Å². The molecule has 0 saturated heterocycles. The molecule has 1 heterocycles. The lowest BCUT2D eigenvalue weighted by molar-refractivity contribution is 0.628. The first kappa shape index (κ1) is 14.3. The molecule has 0 atom stereocenters. The summed E-state index contributed by atoms with van der Waals surface area (Å²) in [6.45, 7) is 0.562. The zero-order chi connectivity index (χ0) is 14.8. The number of fused-ring (bicyclic) bond motifs is 1. The van der Waals surface area contributed by atoms with Gasteiger partial charge in [-0.25, -0.2) is 4.39 Å². The van der Waals surface area contributed by atoms with Gasteiger partial charge in [-0.05, 0) is 35.9 Å². The molecule has 0 bridgehead atoms. The van der Waals surface area contributed by atoms with E-state index < -0.39 is 0 Å². The van der Waals surface area contributed by atoms with Crippen LogP contribution in [0.25, 0.3) is 10.9 Å². The van der Waals surface area contributed by atoms with Gasteiger partial charge in [-0.2, -0.15) is 0 Å². The molecule has 2 nitrogen and oxygen atoms in total. The first-order valence-electron chi connectivity index (χ1n) is 6.36. The lowest BCUT2D eigenvalue weighted by Gasteiger charge is -2.11. The third-order valence-corrected chi connectivity index (χ3v) is 4.20. The number of aromatic nitrogens is 1. The van der Waals surface area contributed by atoms with Crippen molar-refractivity contribution < 1.29 is 4.39 Å². The molecule has 1 aromatic heterocycles. The van der Waals surface area contributed by atoms with Crippen LogP contribution < -0.4 is 5.32 Å². The van der Waals surface area contributed by atoms with Crippen LogP contribution in [0.3, 0.4) is 0 Å². The summed E-state index contributed by atoms with van der Waals surface area (Å²) >= 11 is 9.54. The molecule has 0 unspecified atom stereocenters. The Labute approximate surface area is 135 Å². The zero-order valence-electron chi connectivity index (χ0n) is 10.9. The summed E-state index contributed by atoms with van der Waals surface area (Å²) in [4.78, 5) is 4.43. The van der Waals surface area contributed by atoms with Crippen molar-refractivity contribution in [1.29, 1.82) is 0 Å². The Kier molecular flexibility index (Phi) is 4.08. The number of nitrogens with zero attached hydrogens (tertiary/aromatic N) is 1. The predicted octanol–water partition coefficient (Wildman–Crippen LogP) is 5.40. The number of benzene rings is 2. The lowest BCUT2D eigenvalue weighted by atomic mass is 10.1. The van der Waals surface area contributed by atoms with E-state index in [0.29, 0.717) is 17.3 Å². The van der Waals surface area contributed by atoms with Gasteiger partial charge in [0.05, 0.1) is 16.2 Å². The van der Waals surface area contributed by atoms with Crippen molar-refractivity contribution in [3.8, 4) is 0 Å². The van der Waals surface area contributed by atoms with Gasteiger partial charge < -0.3 is 5.32 Å². The molecule has 0 aliphatic heterocycles. The van der Waals surface area contributed by atoms with Crippen molar-refractivity contribution in [2.45, 2.75) is 6.54 Å². The Balaban J connectivity index is 1.90. The molecule has 21 heavy (non-hydrogen) atoms. The minimum absolute atomic E-state index is 0.346. The first-order valence-corrected chi connectivity index (χ1v) is 7.53. The van der Waals surface area contributed by atoms with E-state index in [4.69, 9.17) is 11.6 Å². The fraction of sp³-hybridized carbons (Fsp3) is 0.0625. The second kappa shape index (κ2) is 6.00. The molecule has 3 rings (SSSR count). The number of nitrogens with one attached hydrogen (secondary N) is 1. The molecule has 0 aliphatic carbocycles. The fourth-order valence-electron chi connectivity index (χ4n) is 2.16. The highest BCUT2D eigenvalue weighted by Crippen LogP contribution is 2.27. The Bertz CT molecular complexity index is 807. The Morgan fingerprint density at radius 2 is 2.05 bits per heavy atom. The van der Waals surface area contributed by atoms with E-state index in [1.54, 1.807) is 12.3 Å². The third kappa shape index (κ3) is 3.01. The molecule has 2 aromatic carbocycles. The summed E-state index contributed by atoms with van der Waals surface area (Å²) < 4.78 is 14.0. The molecule has 3 aromatic rings. The summed E-state index contributed by atoms with van der Waals surface area (Å²) in [6, 6.07) is 12.2. The molecule has 0 radical (unpaired) electrons. The number of hydrogen-bond acceptors (Lipinski definition) is 2. The highest BCUT2D eigenvalue weighted by Gasteiger charge is 2.07. The molecule has 106 valence electrons. The summed E-state index contributed by atoms with van der Waals surface area (Å²) in [5.41, 5.74) is 2.68. The van der Waals surface area contributed by atoms with Gasteiger partial charge in [-0.3, -0.25) is 4.98 Å². The summed E-state index contributed by atoms with van der Waals surface area (Å²) in [5, 5.41) is 4.64. The topological polar surface area (TPSA) is 24.9 Å². The van der Waals surface area contributed by atoms with Gasteiger partial charge in [0.2, 0.25) is 0 Å². The standard InChI is InChI=1S/C16H11BrClFN2/c17-13-5-3-10(16-12(13)2-1-7-20-16)9-21-15-6-4-11(19)8-14(15)18/h1-8,21H,9H2. The minimum atomic E-state index is -0.346. The summed E-state index contributed by atoms with van der Waals surface area (Å²) in [5.74, 6) is -0.346. The van der Waals surface area contributed by atoms with E-state index in [2.05, 4.69) is 26.2 Å². The third-order valence-electron chi connectivity index (χ3n) is 3.20. The van der Waals surface area contributed by atoms with E-state index >= 15 is 0 Å². The lowest BCUT2D eigenvalue weighted by Crippen LogP contribution is -2.01. The van der Waals surface area contributed by atoms with Crippen molar-refractivity contribution in [3.63, 3.8) is 0 Å².